The van der Waals surface area contributed by atoms with E-state index in [2.05, 4.69) is 5.32 Å². The smallest absolute Gasteiger partial charge is 0.259 e. The van der Waals surface area contributed by atoms with Crippen molar-refractivity contribution < 1.29 is 14.3 Å². The molecule has 0 bridgehead atoms. The Morgan fingerprint density at radius 3 is 2.67 bits per heavy atom. The quantitative estimate of drug-likeness (QED) is 0.858. The first kappa shape index (κ1) is 13.6. The Morgan fingerprint density at radius 2 is 1.95 bits per heavy atom. The van der Waals surface area contributed by atoms with Crippen LogP contribution in [0.1, 0.15) is 15.9 Å². The molecule has 1 N–H and O–H groups in total. The molecule has 21 heavy (non-hydrogen) atoms. The molecule has 1 unspecified atom stereocenters. The van der Waals surface area contributed by atoms with Crippen LogP contribution in [0, 0.1) is 6.92 Å². The van der Waals surface area contributed by atoms with Gasteiger partial charge >= 0.3 is 0 Å². The molecular formula is C17H17NO3. The second-order valence-electron chi connectivity index (χ2n) is 5.08. The van der Waals surface area contributed by atoms with Crippen molar-refractivity contribution in [2.75, 3.05) is 18.5 Å². The number of amides is 1. The third kappa shape index (κ3) is 3.61. The highest BCUT2D eigenvalue weighted by Gasteiger charge is 2.24. The molecule has 1 fully saturated rings. The van der Waals surface area contributed by atoms with Gasteiger partial charge in [0.1, 0.15) is 18.5 Å². The van der Waals surface area contributed by atoms with Gasteiger partial charge in [-0.1, -0.05) is 29.8 Å². The Labute approximate surface area is 123 Å². The maximum Gasteiger partial charge on any atom is 0.259 e. The maximum atomic E-state index is 12.4. The number of para-hydroxylation sites is 1. The number of epoxide rings is 1. The number of anilines is 1. The zero-order valence-corrected chi connectivity index (χ0v) is 11.8. The average Bonchev–Trinajstić information content (AvgIpc) is 3.32. The lowest BCUT2D eigenvalue weighted by Gasteiger charge is -2.11. The highest BCUT2D eigenvalue weighted by molar-refractivity contribution is 6.06. The lowest BCUT2D eigenvalue weighted by molar-refractivity contribution is 0.102. The molecular weight excluding hydrogens is 266 g/mol. The minimum absolute atomic E-state index is 0.165. The van der Waals surface area contributed by atoms with Crippen LogP contribution in [0.4, 0.5) is 5.69 Å². The van der Waals surface area contributed by atoms with Crippen molar-refractivity contribution in [2.45, 2.75) is 13.0 Å². The van der Waals surface area contributed by atoms with Crippen LogP contribution in [0.15, 0.2) is 48.5 Å². The van der Waals surface area contributed by atoms with Crippen molar-refractivity contribution in [2.24, 2.45) is 0 Å². The van der Waals surface area contributed by atoms with Gasteiger partial charge in [0.05, 0.1) is 12.2 Å². The molecule has 4 nitrogen and oxygen atoms in total. The van der Waals surface area contributed by atoms with Gasteiger partial charge in [0.25, 0.3) is 5.91 Å². The summed E-state index contributed by atoms with van der Waals surface area (Å²) in [5.41, 5.74) is 2.45. The Hall–Kier alpha value is -2.33. The van der Waals surface area contributed by atoms with Crippen LogP contribution in [0.3, 0.4) is 0 Å². The zero-order valence-electron chi connectivity index (χ0n) is 11.8. The number of hydrogen-bond donors (Lipinski definition) is 1. The topological polar surface area (TPSA) is 50.9 Å². The molecule has 1 saturated heterocycles. The van der Waals surface area contributed by atoms with Crippen molar-refractivity contribution >= 4 is 11.6 Å². The number of benzene rings is 2. The zero-order chi connectivity index (χ0) is 14.7. The van der Waals surface area contributed by atoms with Crippen molar-refractivity contribution in [3.05, 3.63) is 59.7 Å². The number of nitrogens with one attached hydrogen (secondary N) is 1. The largest absolute Gasteiger partial charge is 0.490 e. The summed E-state index contributed by atoms with van der Waals surface area (Å²) in [6.07, 6.45) is 0.165. The molecule has 0 aliphatic carbocycles. The third-order valence-corrected chi connectivity index (χ3v) is 3.27. The first-order chi connectivity index (χ1) is 10.2. The van der Waals surface area contributed by atoms with Crippen molar-refractivity contribution in [3.63, 3.8) is 0 Å². The Morgan fingerprint density at radius 1 is 1.24 bits per heavy atom. The molecule has 0 saturated carbocycles. The van der Waals surface area contributed by atoms with E-state index in [1.807, 2.05) is 43.3 Å². The summed E-state index contributed by atoms with van der Waals surface area (Å²) in [6, 6.07) is 14.9. The van der Waals surface area contributed by atoms with Crippen LogP contribution in [0.2, 0.25) is 0 Å². The lowest BCUT2D eigenvalue weighted by Crippen LogP contribution is -2.14. The number of aryl methyl sites for hydroxylation is 1. The minimum atomic E-state index is -0.175. The highest BCUT2D eigenvalue weighted by Crippen LogP contribution is 2.21. The van der Waals surface area contributed by atoms with Gasteiger partial charge in [-0.3, -0.25) is 4.79 Å². The summed E-state index contributed by atoms with van der Waals surface area (Å²) in [5.74, 6) is 0.406. The van der Waals surface area contributed by atoms with Crippen LogP contribution in [0.25, 0.3) is 0 Å². The normalized spacial score (nSPS) is 16.3. The second-order valence-corrected chi connectivity index (χ2v) is 5.08. The van der Waals surface area contributed by atoms with Gasteiger partial charge in [0.2, 0.25) is 0 Å². The maximum absolute atomic E-state index is 12.4. The molecule has 0 radical (unpaired) electrons. The van der Waals surface area contributed by atoms with Crippen molar-refractivity contribution in [3.8, 4) is 5.75 Å². The molecule has 4 heteroatoms. The van der Waals surface area contributed by atoms with Crippen LogP contribution in [-0.4, -0.2) is 25.2 Å². The van der Waals surface area contributed by atoms with Gasteiger partial charge in [-0.2, -0.15) is 0 Å². The molecule has 1 aliphatic heterocycles. The molecule has 108 valence electrons. The van der Waals surface area contributed by atoms with Gasteiger partial charge in [0.15, 0.2) is 0 Å². The van der Waals surface area contributed by atoms with Gasteiger partial charge in [0, 0.05) is 5.69 Å². The van der Waals surface area contributed by atoms with E-state index in [1.165, 1.54) is 0 Å². The molecule has 1 aliphatic rings. The fourth-order valence-corrected chi connectivity index (χ4v) is 1.96. The number of carbonyl (C=O) groups excluding carboxylic acids is 1. The summed E-state index contributed by atoms with van der Waals surface area (Å²) >= 11 is 0. The van der Waals surface area contributed by atoms with E-state index in [9.17, 15) is 4.79 Å². The summed E-state index contributed by atoms with van der Waals surface area (Å²) in [7, 11) is 0. The fourth-order valence-electron chi connectivity index (χ4n) is 1.96. The van der Waals surface area contributed by atoms with Crippen LogP contribution >= 0.6 is 0 Å². The molecule has 2 aromatic rings. The summed E-state index contributed by atoms with van der Waals surface area (Å²) in [4.78, 5) is 12.4. The van der Waals surface area contributed by atoms with E-state index in [-0.39, 0.29) is 12.0 Å². The van der Waals surface area contributed by atoms with E-state index < -0.39 is 0 Å². The van der Waals surface area contributed by atoms with Gasteiger partial charge in [-0.15, -0.1) is 0 Å². The van der Waals surface area contributed by atoms with Crippen LogP contribution < -0.4 is 10.1 Å². The molecule has 1 amide bonds. The molecule has 0 spiro atoms. The Bertz CT molecular complexity index is 633. The molecule has 1 heterocycles. The van der Waals surface area contributed by atoms with E-state index >= 15 is 0 Å². The van der Waals surface area contributed by atoms with E-state index in [1.54, 1.807) is 12.1 Å². The highest BCUT2D eigenvalue weighted by atomic mass is 16.6. The average molecular weight is 283 g/mol. The van der Waals surface area contributed by atoms with E-state index in [4.69, 9.17) is 9.47 Å². The first-order valence-electron chi connectivity index (χ1n) is 6.94. The number of carbonyl (C=O) groups is 1. The monoisotopic (exact) mass is 283 g/mol. The molecule has 0 aromatic heterocycles. The standard InChI is InChI=1S/C17H17NO3/c1-12-6-8-13(9-7-12)18-17(19)15-4-2-3-5-16(15)21-11-14-10-20-14/h2-9,14H,10-11H2,1H3,(H,18,19). The fraction of sp³-hybridized carbons (Fsp3) is 0.235. The number of hydrogen-bond acceptors (Lipinski definition) is 3. The van der Waals surface area contributed by atoms with E-state index in [0.29, 0.717) is 17.9 Å². The molecule has 3 rings (SSSR count). The summed E-state index contributed by atoms with van der Waals surface area (Å²) in [6.45, 7) is 3.22. The van der Waals surface area contributed by atoms with E-state index in [0.717, 1.165) is 17.9 Å². The predicted octanol–water partition coefficient (Wildman–Crippen LogP) is 3.02. The Kier molecular flexibility index (Phi) is 3.88. The molecule has 1 atom stereocenters. The lowest BCUT2D eigenvalue weighted by atomic mass is 10.1. The SMILES string of the molecule is Cc1ccc(NC(=O)c2ccccc2OCC2CO2)cc1. The van der Waals surface area contributed by atoms with Crippen LogP contribution in [-0.2, 0) is 4.74 Å². The summed E-state index contributed by atoms with van der Waals surface area (Å²) < 4.78 is 10.8. The molecule has 2 aromatic carbocycles. The Balaban J connectivity index is 1.72. The predicted molar refractivity (Wildman–Crippen MR) is 80.8 cm³/mol. The van der Waals surface area contributed by atoms with Crippen molar-refractivity contribution in [1.82, 2.24) is 0 Å². The minimum Gasteiger partial charge on any atom is -0.490 e. The number of ether oxygens (including phenoxy) is 2. The third-order valence-electron chi connectivity index (χ3n) is 3.27. The number of rotatable bonds is 5. The first-order valence-corrected chi connectivity index (χ1v) is 6.94. The van der Waals surface area contributed by atoms with Gasteiger partial charge < -0.3 is 14.8 Å². The van der Waals surface area contributed by atoms with Crippen LogP contribution in [0.5, 0.6) is 5.75 Å². The summed E-state index contributed by atoms with van der Waals surface area (Å²) in [5, 5.41) is 2.88. The van der Waals surface area contributed by atoms with Gasteiger partial charge in [-0.25, -0.2) is 0 Å². The second kappa shape index (κ2) is 5.97. The van der Waals surface area contributed by atoms with Gasteiger partial charge in [-0.05, 0) is 31.2 Å². The van der Waals surface area contributed by atoms with Crippen molar-refractivity contribution in [1.29, 1.82) is 0 Å².